The lowest BCUT2D eigenvalue weighted by atomic mass is 10.1. The number of halogens is 3. The van der Waals surface area contributed by atoms with Crippen molar-refractivity contribution in [2.75, 3.05) is 35.6 Å². The summed E-state index contributed by atoms with van der Waals surface area (Å²) in [6.07, 6.45) is -1.31. The Hall–Kier alpha value is -4.32. The average Bonchev–Trinajstić information content (AvgIpc) is 3.70. The molecule has 2 aliphatic rings. The Morgan fingerprint density at radius 1 is 0.897 bits per heavy atom. The van der Waals surface area contributed by atoms with Gasteiger partial charge in [-0.1, -0.05) is 0 Å². The molecule has 2 aromatic carbocycles. The molecule has 0 radical (unpaired) electrons. The standard InChI is InChI=1S/C27H26F3N5O4/c28-27(29,30)18-9-20(11-23(10-18)38-15-16-13-31-14-16)34-26(37)33-19-3-5-21(6-4-19)39-22-7-8-32-24(12-22)35-25(36)17-1-2-17/h3-12,16-17,31H,1-2,13-15H2,(H,32,35,36)(H2,33,34,37). The van der Waals surface area contributed by atoms with Crippen LogP contribution in [0.25, 0.3) is 0 Å². The first-order valence-corrected chi connectivity index (χ1v) is 12.4. The van der Waals surface area contributed by atoms with Crippen LogP contribution in [0.1, 0.15) is 18.4 Å². The number of amides is 3. The third-order valence-corrected chi connectivity index (χ3v) is 6.12. The molecule has 204 valence electrons. The van der Waals surface area contributed by atoms with Gasteiger partial charge in [-0.05, 0) is 55.3 Å². The molecule has 9 nitrogen and oxygen atoms in total. The molecule has 0 unspecified atom stereocenters. The fourth-order valence-electron chi connectivity index (χ4n) is 3.75. The Balaban J connectivity index is 1.18. The van der Waals surface area contributed by atoms with Gasteiger partial charge < -0.3 is 30.7 Å². The van der Waals surface area contributed by atoms with Gasteiger partial charge in [0.15, 0.2) is 0 Å². The highest BCUT2D eigenvalue weighted by atomic mass is 19.4. The van der Waals surface area contributed by atoms with E-state index in [0.29, 0.717) is 23.0 Å². The number of carbonyl (C=O) groups is 2. The molecule has 0 atom stereocenters. The molecule has 3 aromatic rings. The summed E-state index contributed by atoms with van der Waals surface area (Å²) in [7, 11) is 0. The molecule has 1 aliphatic heterocycles. The molecule has 1 aliphatic carbocycles. The van der Waals surface area contributed by atoms with Gasteiger partial charge in [0.1, 0.15) is 23.1 Å². The summed E-state index contributed by atoms with van der Waals surface area (Å²) in [4.78, 5) is 28.6. The number of nitrogens with zero attached hydrogens (tertiary/aromatic N) is 1. The fourth-order valence-corrected chi connectivity index (χ4v) is 3.75. The van der Waals surface area contributed by atoms with Crippen molar-refractivity contribution < 1.29 is 32.2 Å². The molecular weight excluding hydrogens is 515 g/mol. The first-order valence-electron chi connectivity index (χ1n) is 12.4. The number of anilines is 3. The maximum Gasteiger partial charge on any atom is 0.416 e. The van der Waals surface area contributed by atoms with E-state index in [2.05, 4.69) is 26.3 Å². The Morgan fingerprint density at radius 2 is 1.64 bits per heavy atom. The lowest BCUT2D eigenvalue weighted by molar-refractivity contribution is -0.137. The molecule has 2 fully saturated rings. The second-order valence-electron chi connectivity index (χ2n) is 9.42. The minimum atomic E-state index is -4.60. The summed E-state index contributed by atoms with van der Waals surface area (Å²) in [6, 6.07) is 12.0. The van der Waals surface area contributed by atoms with E-state index in [-0.39, 0.29) is 35.8 Å². The molecule has 1 saturated carbocycles. The van der Waals surface area contributed by atoms with Crippen LogP contribution in [0.5, 0.6) is 17.2 Å². The zero-order chi connectivity index (χ0) is 27.4. The minimum Gasteiger partial charge on any atom is -0.493 e. The van der Waals surface area contributed by atoms with Gasteiger partial charge in [0.2, 0.25) is 5.91 Å². The van der Waals surface area contributed by atoms with Gasteiger partial charge in [0.05, 0.1) is 12.2 Å². The number of rotatable bonds is 9. The van der Waals surface area contributed by atoms with Gasteiger partial charge in [-0.15, -0.1) is 0 Å². The van der Waals surface area contributed by atoms with Crippen molar-refractivity contribution in [2.24, 2.45) is 11.8 Å². The second kappa shape index (κ2) is 11.2. The normalized spacial score (nSPS) is 15.2. The van der Waals surface area contributed by atoms with Gasteiger partial charge in [0.25, 0.3) is 0 Å². The molecule has 2 heterocycles. The number of benzene rings is 2. The van der Waals surface area contributed by atoms with Gasteiger partial charge in [0, 0.05) is 54.6 Å². The smallest absolute Gasteiger partial charge is 0.416 e. The number of alkyl halides is 3. The SMILES string of the molecule is O=C(Nc1ccc(Oc2ccnc(NC(=O)C3CC3)c2)cc1)Nc1cc(OCC2CNC2)cc(C(F)(F)F)c1. The molecular formula is C27H26F3N5O4. The highest BCUT2D eigenvalue weighted by Crippen LogP contribution is 2.35. The van der Waals surface area contributed by atoms with Crippen LogP contribution in [0.4, 0.5) is 35.2 Å². The summed E-state index contributed by atoms with van der Waals surface area (Å²) in [6.45, 7) is 1.78. The zero-order valence-corrected chi connectivity index (χ0v) is 20.7. The van der Waals surface area contributed by atoms with Crippen molar-refractivity contribution in [2.45, 2.75) is 19.0 Å². The summed E-state index contributed by atoms with van der Waals surface area (Å²) in [5.74, 6) is 1.57. The molecule has 12 heteroatoms. The zero-order valence-electron chi connectivity index (χ0n) is 20.7. The van der Waals surface area contributed by atoms with Crippen LogP contribution in [-0.2, 0) is 11.0 Å². The van der Waals surface area contributed by atoms with E-state index in [1.54, 1.807) is 36.4 Å². The van der Waals surface area contributed by atoms with Crippen molar-refractivity contribution in [3.63, 3.8) is 0 Å². The number of pyridine rings is 1. The van der Waals surface area contributed by atoms with Crippen molar-refractivity contribution in [1.82, 2.24) is 10.3 Å². The number of urea groups is 1. The van der Waals surface area contributed by atoms with Crippen molar-refractivity contribution in [3.05, 3.63) is 66.4 Å². The predicted octanol–water partition coefficient (Wildman–Crippen LogP) is 5.48. The second-order valence-corrected chi connectivity index (χ2v) is 9.42. The van der Waals surface area contributed by atoms with E-state index in [9.17, 15) is 22.8 Å². The van der Waals surface area contributed by atoms with Crippen LogP contribution < -0.4 is 30.7 Å². The van der Waals surface area contributed by atoms with E-state index in [4.69, 9.17) is 9.47 Å². The van der Waals surface area contributed by atoms with Crippen molar-refractivity contribution >= 4 is 29.1 Å². The van der Waals surface area contributed by atoms with E-state index in [1.807, 2.05) is 0 Å². The number of hydrogen-bond acceptors (Lipinski definition) is 6. The molecule has 4 N–H and O–H groups in total. The molecule has 1 aromatic heterocycles. The van der Waals surface area contributed by atoms with Crippen LogP contribution in [0, 0.1) is 11.8 Å². The summed E-state index contributed by atoms with van der Waals surface area (Å²) in [5, 5.41) is 10.8. The Morgan fingerprint density at radius 3 is 2.31 bits per heavy atom. The van der Waals surface area contributed by atoms with Crippen LogP contribution in [0.2, 0.25) is 0 Å². The topological polar surface area (TPSA) is 114 Å². The number of hydrogen-bond donors (Lipinski definition) is 4. The van der Waals surface area contributed by atoms with Crippen LogP contribution in [-0.4, -0.2) is 36.6 Å². The highest BCUT2D eigenvalue weighted by Gasteiger charge is 2.32. The van der Waals surface area contributed by atoms with Gasteiger partial charge in [-0.3, -0.25) is 4.79 Å². The number of nitrogens with one attached hydrogen (secondary N) is 4. The maximum absolute atomic E-state index is 13.4. The summed E-state index contributed by atoms with van der Waals surface area (Å²) in [5.41, 5.74) is -0.575. The quantitative estimate of drug-likeness (QED) is 0.285. The molecule has 0 spiro atoms. The monoisotopic (exact) mass is 541 g/mol. The fraction of sp³-hybridized carbons (Fsp3) is 0.296. The number of aromatic nitrogens is 1. The molecule has 3 amide bonds. The van der Waals surface area contributed by atoms with E-state index < -0.39 is 17.8 Å². The third kappa shape index (κ3) is 7.38. The first kappa shape index (κ1) is 26.3. The number of ether oxygens (including phenoxy) is 2. The van der Waals surface area contributed by atoms with Crippen molar-refractivity contribution in [1.29, 1.82) is 0 Å². The van der Waals surface area contributed by atoms with E-state index in [0.717, 1.165) is 38.1 Å². The molecule has 5 rings (SSSR count). The lowest BCUT2D eigenvalue weighted by Crippen LogP contribution is -2.45. The highest BCUT2D eigenvalue weighted by molar-refractivity contribution is 6.00. The number of carbonyl (C=O) groups excluding carboxylic acids is 2. The van der Waals surface area contributed by atoms with Crippen LogP contribution in [0.3, 0.4) is 0 Å². The van der Waals surface area contributed by atoms with Crippen LogP contribution in [0.15, 0.2) is 60.8 Å². The predicted molar refractivity (Wildman–Crippen MR) is 138 cm³/mol. The summed E-state index contributed by atoms with van der Waals surface area (Å²) >= 11 is 0. The van der Waals surface area contributed by atoms with Crippen LogP contribution >= 0.6 is 0 Å². The molecule has 1 saturated heterocycles. The van der Waals surface area contributed by atoms with Gasteiger partial charge in [-0.25, -0.2) is 9.78 Å². The lowest BCUT2D eigenvalue weighted by Gasteiger charge is -2.27. The minimum absolute atomic E-state index is 0.0277. The van der Waals surface area contributed by atoms with Gasteiger partial charge in [-0.2, -0.15) is 13.2 Å². The average molecular weight is 542 g/mol. The first-order chi connectivity index (χ1) is 18.7. The molecule has 39 heavy (non-hydrogen) atoms. The Bertz CT molecular complexity index is 1340. The Labute approximate surface area is 222 Å². The van der Waals surface area contributed by atoms with E-state index in [1.165, 1.54) is 12.3 Å². The molecule has 0 bridgehead atoms. The largest absolute Gasteiger partial charge is 0.493 e. The maximum atomic E-state index is 13.4. The third-order valence-electron chi connectivity index (χ3n) is 6.12. The Kier molecular flexibility index (Phi) is 7.55. The van der Waals surface area contributed by atoms with Gasteiger partial charge >= 0.3 is 12.2 Å². The van der Waals surface area contributed by atoms with Crippen molar-refractivity contribution in [3.8, 4) is 17.2 Å². The summed E-state index contributed by atoms with van der Waals surface area (Å²) < 4.78 is 51.5. The van der Waals surface area contributed by atoms with E-state index >= 15 is 0 Å².